The van der Waals surface area contributed by atoms with E-state index < -0.39 is 25.7 Å². The van der Waals surface area contributed by atoms with Gasteiger partial charge in [-0.3, -0.25) is 0 Å². The molecule has 0 spiro atoms. The van der Waals surface area contributed by atoms with Crippen molar-refractivity contribution < 1.29 is 56.8 Å². The minimum Gasteiger partial charge on any atom is -0.475 e. The van der Waals surface area contributed by atoms with Gasteiger partial charge < -0.3 is 38.8 Å². The van der Waals surface area contributed by atoms with E-state index in [2.05, 4.69) is 19.0 Å². The van der Waals surface area contributed by atoms with E-state index in [1.165, 1.54) is 5.46 Å². The lowest BCUT2D eigenvalue weighted by atomic mass is 9.64. The molecule has 0 saturated carbocycles. The Morgan fingerprint density at radius 2 is 1.13 bits per heavy atom. The molecule has 0 bridgehead atoms. The quantitative estimate of drug-likeness (QED) is 0.296. The molecule has 0 unspecified atom stereocenters. The first-order valence-electron chi connectivity index (χ1n) is 12.0. The van der Waals surface area contributed by atoms with Crippen molar-refractivity contribution in [3.63, 3.8) is 0 Å². The van der Waals surface area contributed by atoms with Gasteiger partial charge in [0.05, 0.1) is 0 Å². The van der Waals surface area contributed by atoms with Gasteiger partial charge in [-0.2, -0.15) is 13.2 Å². The van der Waals surface area contributed by atoms with E-state index in [0.29, 0.717) is 25.3 Å². The summed E-state index contributed by atoms with van der Waals surface area (Å²) in [6, 6.07) is 18.9. The van der Waals surface area contributed by atoms with Gasteiger partial charge in [0, 0.05) is 26.4 Å². The zero-order valence-electron chi connectivity index (χ0n) is 23.0. The van der Waals surface area contributed by atoms with Crippen LogP contribution in [0.1, 0.15) is 27.7 Å². The first-order chi connectivity index (χ1) is 18.4. The average molecular weight is 562 g/mol. The van der Waals surface area contributed by atoms with Crippen molar-refractivity contribution in [3.8, 4) is 0 Å². The van der Waals surface area contributed by atoms with E-state index in [1.807, 2.05) is 58.7 Å². The number of ether oxygens (including phenoxy) is 3. The SMILES string of the molecule is C=O.CCOB(C)c1ccccc1.CCOC(OCC)OCC.O=C(O)C(F)(F)F.OB(O)c1ccccc1. The lowest BCUT2D eigenvalue weighted by Gasteiger charge is -2.15. The van der Waals surface area contributed by atoms with Crippen LogP contribution in [0.25, 0.3) is 0 Å². The lowest BCUT2D eigenvalue weighted by molar-refractivity contribution is -0.282. The van der Waals surface area contributed by atoms with Crippen LogP contribution in [0.3, 0.4) is 0 Å². The van der Waals surface area contributed by atoms with E-state index in [0.717, 1.165) is 6.61 Å². The highest BCUT2D eigenvalue weighted by atomic mass is 19.4. The zero-order chi connectivity index (χ0) is 30.7. The van der Waals surface area contributed by atoms with Crippen LogP contribution in [0, 0.1) is 0 Å². The maximum absolute atomic E-state index is 10.6. The fraction of sp³-hybridized carbons (Fsp3) is 0.440. The summed E-state index contributed by atoms with van der Waals surface area (Å²) >= 11 is 0. The number of rotatable bonds is 10. The smallest absolute Gasteiger partial charge is 0.475 e. The molecule has 0 saturated heterocycles. The first-order valence-corrected chi connectivity index (χ1v) is 12.0. The molecule has 9 nitrogen and oxygen atoms in total. The highest BCUT2D eigenvalue weighted by Crippen LogP contribution is 2.13. The summed E-state index contributed by atoms with van der Waals surface area (Å²) in [6.45, 7) is 14.2. The van der Waals surface area contributed by atoms with Crippen LogP contribution in [0.2, 0.25) is 6.82 Å². The second-order valence-corrected chi connectivity index (χ2v) is 6.75. The van der Waals surface area contributed by atoms with Crippen LogP contribution in [0.4, 0.5) is 13.2 Å². The summed E-state index contributed by atoms with van der Waals surface area (Å²) in [4.78, 5) is 16.9. The standard InChI is InChI=1S/C9H13BO.C7H16O3.C6H7BO2.C2HF3O2.CH2O/c1-3-11-10(2)9-7-5-4-6-8-9;1-4-8-7(9-5-2)10-6-3;8-7(9)6-4-2-1-3-5-6;3-2(4,5)1(6)7;1-2/h4-8H,3H2,1-2H3;7H,4-6H2,1-3H3;1-5,8-9H;(H,6,7);1H2. The van der Waals surface area contributed by atoms with Gasteiger partial charge >= 0.3 is 26.2 Å². The molecule has 2 rings (SSSR count). The van der Waals surface area contributed by atoms with Gasteiger partial charge in [0.25, 0.3) is 6.48 Å². The van der Waals surface area contributed by atoms with Crippen molar-refractivity contribution in [1.29, 1.82) is 0 Å². The predicted molar refractivity (Wildman–Crippen MR) is 145 cm³/mol. The second-order valence-electron chi connectivity index (χ2n) is 6.75. The van der Waals surface area contributed by atoms with Crippen LogP contribution in [0.5, 0.6) is 0 Å². The van der Waals surface area contributed by atoms with Gasteiger partial charge in [0.1, 0.15) is 6.79 Å². The van der Waals surface area contributed by atoms with Crippen LogP contribution in [-0.4, -0.2) is 81.0 Å². The Labute approximate surface area is 229 Å². The molecular weight excluding hydrogens is 523 g/mol. The van der Waals surface area contributed by atoms with Crippen molar-refractivity contribution in [3.05, 3.63) is 60.7 Å². The predicted octanol–water partition coefficient (Wildman–Crippen LogP) is 2.75. The number of aliphatic carboxylic acids is 1. The van der Waals surface area contributed by atoms with E-state index in [4.69, 9.17) is 43.6 Å². The molecule has 3 N–H and O–H groups in total. The monoisotopic (exact) mass is 562 g/mol. The summed E-state index contributed by atoms with van der Waals surface area (Å²) < 4.78 is 52.4. The Hall–Kier alpha value is -2.74. The Morgan fingerprint density at radius 3 is 1.36 bits per heavy atom. The molecule has 0 aliphatic heterocycles. The molecule has 39 heavy (non-hydrogen) atoms. The van der Waals surface area contributed by atoms with Crippen LogP contribution in [-0.2, 0) is 28.5 Å². The summed E-state index contributed by atoms with van der Waals surface area (Å²) in [7, 11) is -1.34. The number of carbonyl (C=O) groups excluding carboxylic acids is 1. The number of benzene rings is 2. The van der Waals surface area contributed by atoms with Crippen molar-refractivity contribution >= 4 is 37.7 Å². The molecule has 0 amide bonds. The maximum atomic E-state index is 10.6. The fourth-order valence-electron chi connectivity index (χ4n) is 2.25. The largest absolute Gasteiger partial charge is 0.490 e. The fourth-order valence-corrected chi connectivity index (χ4v) is 2.25. The van der Waals surface area contributed by atoms with E-state index in [9.17, 15) is 13.2 Å². The van der Waals surface area contributed by atoms with Crippen LogP contribution in [0.15, 0.2) is 60.7 Å². The number of carboxylic acid groups (broad SMARTS) is 1. The molecule has 0 heterocycles. The Balaban J connectivity index is -0.000000438. The van der Waals surface area contributed by atoms with Gasteiger partial charge in [-0.15, -0.1) is 0 Å². The molecule has 2 aromatic rings. The number of alkyl halides is 3. The molecule has 0 aliphatic rings. The summed E-state index contributed by atoms with van der Waals surface area (Å²) in [6.07, 6.45) is -5.08. The topological polar surface area (TPSA) is 132 Å². The third kappa shape index (κ3) is 25.3. The molecule has 14 heteroatoms. The van der Waals surface area contributed by atoms with Gasteiger partial charge in [0.15, 0.2) is 0 Å². The van der Waals surface area contributed by atoms with Crippen molar-refractivity contribution in [2.24, 2.45) is 0 Å². The molecule has 0 radical (unpaired) electrons. The third-order valence-corrected chi connectivity index (χ3v) is 3.93. The number of halogens is 3. The second kappa shape index (κ2) is 26.9. The van der Waals surface area contributed by atoms with E-state index >= 15 is 0 Å². The van der Waals surface area contributed by atoms with E-state index in [1.54, 1.807) is 24.3 Å². The lowest BCUT2D eigenvalue weighted by Crippen LogP contribution is -2.29. The molecule has 0 atom stereocenters. The van der Waals surface area contributed by atoms with Gasteiger partial charge in [-0.05, 0) is 38.6 Å². The van der Waals surface area contributed by atoms with Crippen LogP contribution < -0.4 is 10.9 Å². The van der Waals surface area contributed by atoms with Gasteiger partial charge in [-0.1, -0.05) is 67.5 Å². The summed E-state index contributed by atoms with van der Waals surface area (Å²) in [5.41, 5.74) is 1.77. The van der Waals surface area contributed by atoms with Crippen molar-refractivity contribution in [1.82, 2.24) is 0 Å². The molecule has 0 aromatic heterocycles. The molecule has 220 valence electrons. The number of carbonyl (C=O) groups is 2. The third-order valence-electron chi connectivity index (χ3n) is 3.93. The van der Waals surface area contributed by atoms with Crippen molar-refractivity contribution in [2.45, 2.75) is 47.2 Å². The Morgan fingerprint density at radius 1 is 0.795 bits per heavy atom. The molecular formula is C25H39B2F3O9. The van der Waals surface area contributed by atoms with Crippen LogP contribution >= 0.6 is 0 Å². The van der Waals surface area contributed by atoms with Crippen molar-refractivity contribution in [2.75, 3.05) is 26.4 Å². The summed E-state index contributed by atoms with van der Waals surface area (Å²) in [5.74, 6) is -2.76. The average Bonchev–Trinajstić information content (AvgIpc) is 2.92. The zero-order valence-corrected chi connectivity index (χ0v) is 23.0. The first kappa shape index (κ1) is 40.8. The summed E-state index contributed by atoms with van der Waals surface area (Å²) in [5, 5.41) is 24.3. The normalized spacial score (nSPS) is 9.72. The van der Waals surface area contributed by atoms with E-state index in [-0.39, 0.29) is 6.92 Å². The minimum atomic E-state index is -5.08. The molecule has 2 aromatic carbocycles. The maximum Gasteiger partial charge on any atom is 0.490 e. The number of hydrogen-bond acceptors (Lipinski definition) is 8. The number of carboxylic acids is 1. The Kier molecular flexibility index (Phi) is 28.1. The molecule has 0 aliphatic carbocycles. The van der Waals surface area contributed by atoms with Gasteiger partial charge in [-0.25, -0.2) is 4.79 Å². The highest BCUT2D eigenvalue weighted by molar-refractivity contribution is 6.66. The van der Waals surface area contributed by atoms with Gasteiger partial charge in [0.2, 0.25) is 0 Å². The Bertz CT molecular complexity index is 788. The number of hydrogen-bond donors (Lipinski definition) is 3. The molecule has 0 fully saturated rings. The minimum absolute atomic E-state index is 0.223. The highest BCUT2D eigenvalue weighted by Gasteiger charge is 2.38.